The van der Waals surface area contributed by atoms with Crippen LogP contribution in [-0.4, -0.2) is 37.0 Å². The van der Waals surface area contributed by atoms with Gasteiger partial charge < -0.3 is 20.3 Å². The van der Waals surface area contributed by atoms with Crippen molar-refractivity contribution in [2.24, 2.45) is 4.99 Å². The van der Waals surface area contributed by atoms with Crippen LogP contribution in [0.15, 0.2) is 53.5 Å². The van der Waals surface area contributed by atoms with Gasteiger partial charge in [-0.1, -0.05) is 42.5 Å². The van der Waals surface area contributed by atoms with Gasteiger partial charge >= 0.3 is 0 Å². The van der Waals surface area contributed by atoms with Gasteiger partial charge in [0, 0.05) is 38.2 Å². The second kappa shape index (κ2) is 10.5. The van der Waals surface area contributed by atoms with E-state index in [2.05, 4.69) is 46.8 Å². The number of hydrogen-bond donors (Lipinski definition) is 2. The van der Waals surface area contributed by atoms with Gasteiger partial charge in [0.05, 0.1) is 13.7 Å². The molecule has 6 nitrogen and oxygen atoms in total. The maximum absolute atomic E-state index is 11.8. The minimum atomic E-state index is 0.259. The SMILES string of the molecule is CCNC(=NCc1ccc(CN2CCCC2=O)cc1)NCc1ccccc1OC. The van der Waals surface area contributed by atoms with Gasteiger partial charge in [-0.05, 0) is 30.5 Å². The molecule has 1 saturated heterocycles. The first kappa shape index (κ1) is 20.7. The number of methoxy groups -OCH3 is 1. The number of benzene rings is 2. The Kier molecular flexibility index (Phi) is 7.50. The van der Waals surface area contributed by atoms with Crippen molar-refractivity contribution in [2.45, 2.75) is 39.4 Å². The average Bonchev–Trinajstić information content (AvgIpc) is 3.15. The lowest BCUT2D eigenvalue weighted by Crippen LogP contribution is -2.36. The molecule has 1 aliphatic rings. The molecule has 0 spiro atoms. The number of likely N-dealkylation sites (tertiary alicyclic amines) is 1. The predicted molar refractivity (Wildman–Crippen MR) is 116 cm³/mol. The van der Waals surface area contributed by atoms with E-state index in [-0.39, 0.29) is 5.91 Å². The molecule has 3 rings (SSSR count). The van der Waals surface area contributed by atoms with E-state index in [1.165, 1.54) is 0 Å². The molecular formula is C23H30N4O2. The summed E-state index contributed by atoms with van der Waals surface area (Å²) in [6.45, 7) is 5.64. The second-order valence-corrected chi connectivity index (χ2v) is 7.10. The number of para-hydroxylation sites is 1. The van der Waals surface area contributed by atoms with E-state index < -0.39 is 0 Å². The Bertz CT molecular complexity index is 833. The standard InChI is InChI=1S/C23H30N4O2/c1-3-24-23(26-16-20-7-4-5-8-21(20)29-2)25-15-18-10-12-19(13-11-18)17-27-14-6-9-22(27)28/h4-5,7-8,10-13H,3,6,9,14-17H2,1-2H3,(H2,24,25,26). The van der Waals surface area contributed by atoms with Gasteiger partial charge in [0.1, 0.15) is 5.75 Å². The molecule has 154 valence electrons. The fourth-order valence-electron chi connectivity index (χ4n) is 3.38. The van der Waals surface area contributed by atoms with Crippen molar-refractivity contribution in [1.82, 2.24) is 15.5 Å². The van der Waals surface area contributed by atoms with Crippen LogP contribution in [0.2, 0.25) is 0 Å². The van der Waals surface area contributed by atoms with Crippen molar-refractivity contribution in [3.8, 4) is 5.75 Å². The summed E-state index contributed by atoms with van der Waals surface area (Å²) in [4.78, 5) is 18.4. The Balaban J connectivity index is 1.57. The van der Waals surface area contributed by atoms with Crippen molar-refractivity contribution >= 4 is 11.9 Å². The average molecular weight is 395 g/mol. The third-order valence-electron chi connectivity index (χ3n) is 4.97. The zero-order valence-corrected chi connectivity index (χ0v) is 17.3. The van der Waals surface area contributed by atoms with Gasteiger partial charge in [-0.3, -0.25) is 4.79 Å². The molecule has 0 aliphatic carbocycles. The maximum Gasteiger partial charge on any atom is 0.222 e. The largest absolute Gasteiger partial charge is 0.496 e. The summed E-state index contributed by atoms with van der Waals surface area (Å²) in [6, 6.07) is 16.3. The molecule has 1 aliphatic heterocycles. The van der Waals surface area contributed by atoms with Gasteiger partial charge in [0.15, 0.2) is 5.96 Å². The highest BCUT2D eigenvalue weighted by Gasteiger charge is 2.19. The molecule has 29 heavy (non-hydrogen) atoms. The number of nitrogens with one attached hydrogen (secondary N) is 2. The predicted octanol–water partition coefficient (Wildman–Crippen LogP) is 3.07. The Hall–Kier alpha value is -3.02. The minimum absolute atomic E-state index is 0.259. The number of amides is 1. The van der Waals surface area contributed by atoms with Crippen molar-refractivity contribution < 1.29 is 9.53 Å². The van der Waals surface area contributed by atoms with Crippen LogP contribution in [0.3, 0.4) is 0 Å². The summed E-state index contributed by atoms with van der Waals surface area (Å²) < 4.78 is 5.41. The third-order valence-corrected chi connectivity index (χ3v) is 4.97. The summed E-state index contributed by atoms with van der Waals surface area (Å²) in [6.07, 6.45) is 1.66. The smallest absolute Gasteiger partial charge is 0.222 e. The van der Waals surface area contributed by atoms with E-state index >= 15 is 0 Å². The first-order valence-corrected chi connectivity index (χ1v) is 10.2. The number of carbonyl (C=O) groups is 1. The van der Waals surface area contributed by atoms with Crippen molar-refractivity contribution in [3.63, 3.8) is 0 Å². The number of guanidine groups is 1. The van der Waals surface area contributed by atoms with Gasteiger partial charge in [0.2, 0.25) is 5.91 Å². The Labute approximate surface area is 173 Å². The van der Waals surface area contributed by atoms with Crippen molar-refractivity contribution in [2.75, 3.05) is 20.2 Å². The molecule has 0 radical (unpaired) electrons. The monoisotopic (exact) mass is 394 g/mol. The van der Waals surface area contributed by atoms with Crippen LogP contribution in [0.25, 0.3) is 0 Å². The van der Waals surface area contributed by atoms with Crippen LogP contribution in [0, 0.1) is 0 Å². The number of carbonyl (C=O) groups excluding carboxylic acids is 1. The highest BCUT2D eigenvalue weighted by molar-refractivity contribution is 5.79. The lowest BCUT2D eigenvalue weighted by molar-refractivity contribution is -0.128. The zero-order valence-electron chi connectivity index (χ0n) is 17.3. The Morgan fingerprint density at radius 3 is 2.55 bits per heavy atom. The van der Waals surface area contributed by atoms with Gasteiger partial charge in [-0.25, -0.2) is 4.99 Å². The molecule has 6 heteroatoms. The van der Waals surface area contributed by atoms with Gasteiger partial charge in [-0.15, -0.1) is 0 Å². The Morgan fingerprint density at radius 1 is 1.10 bits per heavy atom. The topological polar surface area (TPSA) is 66.0 Å². The lowest BCUT2D eigenvalue weighted by atomic mass is 10.1. The first-order valence-electron chi connectivity index (χ1n) is 10.2. The minimum Gasteiger partial charge on any atom is -0.496 e. The van der Waals surface area contributed by atoms with Gasteiger partial charge in [-0.2, -0.15) is 0 Å². The molecule has 2 N–H and O–H groups in total. The van der Waals surface area contributed by atoms with Crippen LogP contribution in [0.5, 0.6) is 5.75 Å². The molecular weight excluding hydrogens is 364 g/mol. The van der Waals surface area contributed by atoms with Gasteiger partial charge in [0.25, 0.3) is 0 Å². The van der Waals surface area contributed by atoms with Crippen molar-refractivity contribution in [1.29, 1.82) is 0 Å². The Morgan fingerprint density at radius 2 is 1.86 bits per heavy atom. The number of ether oxygens (including phenoxy) is 1. The third kappa shape index (κ3) is 5.98. The van der Waals surface area contributed by atoms with E-state index in [9.17, 15) is 4.79 Å². The van der Waals surface area contributed by atoms with Crippen LogP contribution in [0.4, 0.5) is 0 Å². The number of rotatable bonds is 8. The molecule has 2 aromatic carbocycles. The number of aliphatic imine (C=N–C) groups is 1. The molecule has 1 amide bonds. The summed E-state index contributed by atoms with van der Waals surface area (Å²) in [5, 5.41) is 6.64. The number of nitrogens with zero attached hydrogens (tertiary/aromatic N) is 2. The summed E-state index contributed by atoms with van der Waals surface area (Å²) in [5.41, 5.74) is 3.38. The van der Waals surface area contributed by atoms with E-state index in [0.717, 1.165) is 47.9 Å². The molecule has 1 fully saturated rings. The second-order valence-electron chi connectivity index (χ2n) is 7.10. The molecule has 0 aromatic heterocycles. The highest BCUT2D eigenvalue weighted by atomic mass is 16.5. The van der Waals surface area contributed by atoms with Crippen LogP contribution in [-0.2, 0) is 24.4 Å². The summed E-state index contributed by atoms with van der Waals surface area (Å²) in [7, 11) is 1.68. The fourth-order valence-corrected chi connectivity index (χ4v) is 3.38. The fraction of sp³-hybridized carbons (Fsp3) is 0.391. The van der Waals surface area contributed by atoms with E-state index in [1.54, 1.807) is 7.11 Å². The summed E-state index contributed by atoms with van der Waals surface area (Å²) >= 11 is 0. The molecule has 2 aromatic rings. The van der Waals surface area contributed by atoms with E-state index in [0.29, 0.717) is 26.1 Å². The number of hydrogen-bond acceptors (Lipinski definition) is 3. The van der Waals surface area contributed by atoms with Crippen LogP contribution >= 0.6 is 0 Å². The zero-order chi connectivity index (χ0) is 20.5. The maximum atomic E-state index is 11.8. The molecule has 1 heterocycles. The van der Waals surface area contributed by atoms with E-state index in [1.807, 2.05) is 29.2 Å². The lowest BCUT2D eigenvalue weighted by Gasteiger charge is -2.15. The van der Waals surface area contributed by atoms with Crippen molar-refractivity contribution in [3.05, 3.63) is 65.2 Å². The molecule has 0 saturated carbocycles. The molecule has 0 unspecified atom stereocenters. The highest BCUT2D eigenvalue weighted by Crippen LogP contribution is 2.17. The van der Waals surface area contributed by atoms with E-state index in [4.69, 9.17) is 4.74 Å². The normalized spacial score (nSPS) is 14.2. The summed E-state index contributed by atoms with van der Waals surface area (Å²) in [5.74, 6) is 1.89. The van der Waals surface area contributed by atoms with Crippen LogP contribution < -0.4 is 15.4 Å². The van der Waals surface area contributed by atoms with Crippen LogP contribution in [0.1, 0.15) is 36.5 Å². The first-order chi connectivity index (χ1) is 14.2. The molecule has 0 bridgehead atoms. The quantitative estimate of drug-likeness (QED) is 0.533. The molecule has 0 atom stereocenters.